The number of carbonyl (C=O) groups excluding carboxylic acids is 1. The molecule has 0 fully saturated rings. The van der Waals surface area contributed by atoms with Crippen LogP contribution in [0.25, 0.3) is 11.1 Å². The number of esters is 1. The molecule has 0 radical (unpaired) electrons. The van der Waals surface area contributed by atoms with Crippen molar-refractivity contribution in [2.24, 2.45) is 0 Å². The summed E-state index contributed by atoms with van der Waals surface area (Å²) < 4.78 is 34.2. The molecule has 0 spiro atoms. The first-order chi connectivity index (χ1) is 16.0. The fourth-order valence-electron chi connectivity index (χ4n) is 4.35. The standard InChI is InChI=1S/C28H25F2NO2/c1-2-3-4-5-6-7-18-8-11-22-20(14-18)15-25-23(22)12-13-24(27(25)30)28(32)33-21-10-9-19(17-31)26(29)16-21/h8-14,16H,2-7,15H2,1H3. The highest BCUT2D eigenvalue weighted by atomic mass is 19.1. The van der Waals surface area contributed by atoms with Gasteiger partial charge in [0.1, 0.15) is 23.5 Å². The molecule has 0 aliphatic heterocycles. The Balaban J connectivity index is 1.49. The molecule has 0 amide bonds. The molecule has 0 aromatic heterocycles. The summed E-state index contributed by atoms with van der Waals surface area (Å²) in [4.78, 5) is 12.6. The number of nitrogens with zero attached hydrogens (tertiary/aromatic N) is 1. The van der Waals surface area contributed by atoms with Crippen LogP contribution in [0.3, 0.4) is 0 Å². The third-order valence-corrected chi connectivity index (χ3v) is 6.13. The molecule has 0 unspecified atom stereocenters. The van der Waals surface area contributed by atoms with Crippen LogP contribution in [0.15, 0.2) is 48.5 Å². The van der Waals surface area contributed by atoms with E-state index in [4.69, 9.17) is 10.00 Å². The maximum Gasteiger partial charge on any atom is 0.346 e. The summed E-state index contributed by atoms with van der Waals surface area (Å²) in [6.45, 7) is 2.20. The third kappa shape index (κ3) is 4.80. The second-order valence-corrected chi connectivity index (χ2v) is 8.43. The minimum Gasteiger partial charge on any atom is -0.423 e. The van der Waals surface area contributed by atoms with E-state index in [9.17, 15) is 9.18 Å². The van der Waals surface area contributed by atoms with Crippen LogP contribution in [-0.4, -0.2) is 5.97 Å². The number of unbranched alkanes of at least 4 members (excludes halogenated alkanes) is 4. The van der Waals surface area contributed by atoms with Crippen molar-refractivity contribution in [2.75, 3.05) is 0 Å². The molecule has 1 aliphatic carbocycles. The lowest BCUT2D eigenvalue weighted by Crippen LogP contribution is -2.12. The van der Waals surface area contributed by atoms with E-state index < -0.39 is 17.6 Å². The van der Waals surface area contributed by atoms with Gasteiger partial charge in [0.05, 0.1) is 11.1 Å². The molecule has 0 N–H and O–H groups in total. The zero-order valence-electron chi connectivity index (χ0n) is 18.6. The SMILES string of the molecule is CCCCCCCc1ccc2c(c1)Cc1c-2ccc(C(=O)Oc2ccc(C#N)c(F)c2)c1F. The molecule has 5 heteroatoms. The third-order valence-electron chi connectivity index (χ3n) is 6.13. The van der Waals surface area contributed by atoms with Gasteiger partial charge in [0.25, 0.3) is 0 Å². The lowest BCUT2D eigenvalue weighted by molar-refractivity contribution is 0.0729. The normalized spacial score (nSPS) is 11.6. The Morgan fingerprint density at radius 2 is 1.79 bits per heavy atom. The maximum atomic E-state index is 15.3. The summed E-state index contributed by atoms with van der Waals surface area (Å²) >= 11 is 0. The van der Waals surface area contributed by atoms with Gasteiger partial charge < -0.3 is 4.74 Å². The van der Waals surface area contributed by atoms with Crippen molar-refractivity contribution in [3.05, 3.63) is 88.0 Å². The van der Waals surface area contributed by atoms with E-state index in [1.807, 2.05) is 6.07 Å². The number of hydrogen-bond donors (Lipinski definition) is 0. The van der Waals surface area contributed by atoms with E-state index in [2.05, 4.69) is 19.1 Å². The van der Waals surface area contributed by atoms with Crippen molar-refractivity contribution in [2.45, 2.75) is 51.9 Å². The average molecular weight is 446 g/mol. The molecule has 0 atom stereocenters. The van der Waals surface area contributed by atoms with Crippen molar-refractivity contribution < 1.29 is 18.3 Å². The Hall–Kier alpha value is -3.52. The van der Waals surface area contributed by atoms with Gasteiger partial charge in [-0.15, -0.1) is 0 Å². The van der Waals surface area contributed by atoms with Gasteiger partial charge >= 0.3 is 5.97 Å². The number of halogens is 2. The van der Waals surface area contributed by atoms with Gasteiger partial charge in [-0.2, -0.15) is 5.26 Å². The second-order valence-electron chi connectivity index (χ2n) is 8.43. The highest BCUT2D eigenvalue weighted by Gasteiger charge is 2.26. The molecule has 1 aliphatic rings. The molecule has 4 rings (SSSR count). The fourth-order valence-corrected chi connectivity index (χ4v) is 4.35. The Kier molecular flexibility index (Phi) is 6.84. The Labute approximate surface area is 192 Å². The first-order valence-corrected chi connectivity index (χ1v) is 11.4. The van der Waals surface area contributed by atoms with E-state index in [0.29, 0.717) is 12.0 Å². The Bertz CT molecular complexity index is 1240. The zero-order valence-corrected chi connectivity index (χ0v) is 18.6. The number of hydrogen-bond acceptors (Lipinski definition) is 3. The van der Waals surface area contributed by atoms with Crippen molar-refractivity contribution >= 4 is 5.97 Å². The summed E-state index contributed by atoms with van der Waals surface area (Å²) in [6, 6.07) is 14.6. The molecule has 168 valence electrons. The molecule has 0 saturated carbocycles. The highest BCUT2D eigenvalue weighted by Crippen LogP contribution is 2.39. The van der Waals surface area contributed by atoms with Gasteiger partial charge in [0.15, 0.2) is 0 Å². The number of aryl methyl sites for hydroxylation is 1. The number of nitriles is 1. The Morgan fingerprint density at radius 3 is 2.55 bits per heavy atom. The molecule has 0 heterocycles. The summed E-state index contributed by atoms with van der Waals surface area (Å²) in [5.41, 5.74) is 4.23. The number of rotatable bonds is 8. The van der Waals surface area contributed by atoms with Gasteiger partial charge in [0, 0.05) is 18.1 Å². The van der Waals surface area contributed by atoms with Gasteiger partial charge in [-0.1, -0.05) is 56.9 Å². The lowest BCUT2D eigenvalue weighted by atomic mass is 9.99. The molecular weight excluding hydrogens is 420 g/mol. The molecule has 0 bridgehead atoms. The number of benzene rings is 3. The smallest absolute Gasteiger partial charge is 0.346 e. The molecular formula is C28H25F2NO2. The highest BCUT2D eigenvalue weighted by molar-refractivity contribution is 5.93. The van der Waals surface area contributed by atoms with Crippen LogP contribution in [-0.2, 0) is 12.8 Å². The quantitative estimate of drug-likeness (QED) is 0.165. The summed E-state index contributed by atoms with van der Waals surface area (Å²) in [6.07, 6.45) is 7.54. The van der Waals surface area contributed by atoms with Crippen LogP contribution in [0.5, 0.6) is 5.75 Å². The first-order valence-electron chi connectivity index (χ1n) is 11.4. The van der Waals surface area contributed by atoms with Crippen LogP contribution in [0.2, 0.25) is 0 Å². The van der Waals surface area contributed by atoms with Crippen molar-refractivity contribution in [1.82, 2.24) is 0 Å². The van der Waals surface area contributed by atoms with Crippen molar-refractivity contribution in [3.8, 4) is 22.9 Å². The second kappa shape index (κ2) is 9.95. The molecule has 33 heavy (non-hydrogen) atoms. The van der Waals surface area contributed by atoms with Gasteiger partial charge in [-0.3, -0.25) is 0 Å². The van der Waals surface area contributed by atoms with Gasteiger partial charge in [-0.05, 0) is 53.3 Å². The average Bonchev–Trinajstić information content (AvgIpc) is 3.18. The first kappa shape index (κ1) is 22.7. The Morgan fingerprint density at radius 1 is 1.00 bits per heavy atom. The van der Waals surface area contributed by atoms with Gasteiger partial charge in [-0.25, -0.2) is 13.6 Å². The van der Waals surface area contributed by atoms with E-state index in [-0.39, 0.29) is 16.9 Å². The predicted octanol–water partition coefficient (Wildman–Crippen LogP) is 7.14. The lowest BCUT2D eigenvalue weighted by Gasteiger charge is -2.09. The largest absolute Gasteiger partial charge is 0.423 e. The van der Waals surface area contributed by atoms with Crippen LogP contribution in [0, 0.1) is 23.0 Å². The molecule has 3 aromatic carbocycles. The minimum atomic E-state index is -0.900. The number of fused-ring (bicyclic) bond motifs is 3. The summed E-state index contributed by atoms with van der Waals surface area (Å²) in [5.74, 6) is -2.39. The fraction of sp³-hybridized carbons (Fsp3) is 0.286. The van der Waals surface area contributed by atoms with E-state index in [0.717, 1.165) is 35.6 Å². The van der Waals surface area contributed by atoms with Crippen molar-refractivity contribution in [1.29, 1.82) is 5.26 Å². The zero-order chi connectivity index (χ0) is 23.4. The van der Waals surface area contributed by atoms with Crippen LogP contribution in [0.1, 0.15) is 71.6 Å². The summed E-state index contributed by atoms with van der Waals surface area (Å²) in [7, 11) is 0. The van der Waals surface area contributed by atoms with Crippen LogP contribution in [0.4, 0.5) is 8.78 Å². The molecule has 3 aromatic rings. The van der Waals surface area contributed by atoms with Crippen LogP contribution < -0.4 is 4.74 Å². The topological polar surface area (TPSA) is 50.1 Å². The van der Waals surface area contributed by atoms with E-state index in [1.165, 1.54) is 49.4 Å². The van der Waals surface area contributed by atoms with E-state index in [1.54, 1.807) is 12.1 Å². The molecule has 3 nitrogen and oxygen atoms in total. The summed E-state index contributed by atoms with van der Waals surface area (Å²) in [5, 5.41) is 8.81. The van der Waals surface area contributed by atoms with E-state index >= 15 is 4.39 Å². The predicted molar refractivity (Wildman–Crippen MR) is 123 cm³/mol. The number of ether oxygens (including phenoxy) is 1. The van der Waals surface area contributed by atoms with Gasteiger partial charge in [0.2, 0.25) is 0 Å². The number of carbonyl (C=O) groups is 1. The minimum absolute atomic E-state index is 0.0803. The maximum absolute atomic E-state index is 15.3. The monoisotopic (exact) mass is 445 g/mol. The van der Waals surface area contributed by atoms with Crippen molar-refractivity contribution in [3.63, 3.8) is 0 Å². The van der Waals surface area contributed by atoms with Crippen LogP contribution >= 0.6 is 0 Å². The molecule has 0 saturated heterocycles.